The smallest absolute Gasteiger partial charge is 0.408 e. The lowest BCUT2D eigenvalue weighted by Gasteiger charge is -2.36. The van der Waals surface area contributed by atoms with Crippen LogP contribution in [-0.2, 0) is 22.5 Å². The molecule has 1 aliphatic heterocycles. The number of primary amides is 1. The highest BCUT2D eigenvalue weighted by Gasteiger charge is 2.32. The third kappa shape index (κ3) is 4.85. The molecule has 2 atom stereocenters. The molecule has 2 heterocycles. The third-order valence-corrected chi connectivity index (χ3v) is 6.32. The van der Waals surface area contributed by atoms with Crippen LogP contribution in [-0.4, -0.2) is 47.7 Å². The number of fused-ring (bicyclic) bond motifs is 1. The Morgan fingerprint density at radius 3 is 2.70 bits per heavy atom. The summed E-state index contributed by atoms with van der Waals surface area (Å²) in [7, 11) is 1.59. The molecule has 0 bridgehead atoms. The van der Waals surface area contributed by atoms with E-state index in [2.05, 4.69) is 6.07 Å². The molecule has 1 aliphatic rings. The number of hydrogen-bond acceptors (Lipinski definition) is 6. The lowest BCUT2D eigenvalue weighted by molar-refractivity contribution is -0.125. The lowest BCUT2D eigenvalue weighted by atomic mass is 9.95. The van der Waals surface area contributed by atoms with Gasteiger partial charge in [0.25, 0.3) is 0 Å². The van der Waals surface area contributed by atoms with Crippen LogP contribution in [0.25, 0.3) is 22.2 Å². The van der Waals surface area contributed by atoms with Gasteiger partial charge < -0.3 is 14.9 Å². The third-order valence-electron chi connectivity index (χ3n) is 6.32. The number of carbonyl (C=O) groups is 1. The molecule has 1 unspecified atom stereocenters. The van der Waals surface area contributed by atoms with Gasteiger partial charge >= 0.3 is 5.76 Å². The van der Waals surface area contributed by atoms with Crippen molar-refractivity contribution in [3.8, 4) is 17.2 Å². The van der Waals surface area contributed by atoms with Crippen molar-refractivity contribution in [2.24, 2.45) is 5.73 Å². The summed E-state index contributed by atoms with van der Waals surface area (Å²) in [5, 5.41) is 9.77. The molecule has 1 saturated heterocycles. The molecule has 2 aromatic carbocycles. The number of hydrogen-bond donors (Lipinski definition) is 1. The summed E-state index contributed by atoms with van der Waals surface area (Å²) in [6, 6.07) is 15.3. The van der Waals surface area contributed by atoms with Gasteiger partial charge in [0, 0.05) is 20.1 Å². The lowest BCUT2D eigenvalue weighted by Crippen LogP contribution is -2.52. The van der Waals surface area contributed by atoms with E-state index in [1.165, 1.54) is 0 Å². The summed E-state index contributed by atoms with van der Waals surface area (Å²) in [4.78, 5) is 25.9. The van der Waals surface area contributed by atoms with Gasteiger partial charge in [-0.3, -0.25) is 14.3 Å². The highest BCUT2D eigenvalue weighted by Crippen LogP contribution is 2.26. The fraction of sp³-hybridized carbons (Fsp3) is 0.400. The molecule has 8 nitrogen and oxygen atoms in total. The first-order valence-electron chi connectivity index (χ1n) is 11.2. The van der Waals surface area contributed by atoms with Crippen LogP contribution in [0.1, 0.15) is 24.8 Å². The average Bonchev–Trinajstić information content (AvgIpc) is 3.15. The Bertz CT molecular complexity index is 1220. The molecule has 3 aromatic rings. The number of nitrogens with zero attached hydrogens (tertiary/aromatic N) is 3. The van der Waals surface area contributed by atoms with Crippen LogP contribution in [0.2, 0.25) is 0 Å². The molecule has 0 aliphatic carbocycles. The predicted molar refractivity (Wildman–Crippen MR) is 124 cm³/mol. The number of carbonyl (C=O) groups excluding carboxylic acids is 1. The Labute approximate surface area is 192 Å². The van der Waals surface area contributed by atoms with Crippen LogP contribution < -0.4 is 11.5 Å². The number of aromatic nitrogens is 1. The fourth-order valence-electron chi connectivity index (χ4n) is 4.56. The van der Waals surface area contributed by atoms with Crippen LogP contribution in [0.5, 0.6) is 0 Å². The highest BCUT2D eigenvalue weighted by molar-refractivity contribution is 5.81. The van der Waals surface area contributed by atoms with Gasteiger partial charge in [-0.15, -0.1) is 0 Å². The van der Waals surface area contributed by atoms with Gasteiger partial charge in [0.2, 0.25) is 5.91 Å². The molecule has 1 aromatic heterocycles. The zero-order chi connectivity index (χ0) is 23.4. The zero-order valence-corrected chi connectivity index (χ0v) is 18.7. The molecule has 0 saturated carbocycles. The Kier molecular flexibility index (Phi) is 6.92. The van der Waals surface area contributed by atoms with Gasteiger partial charge in [0.15, 0.2) is 5.58 Å². The van der Waals surface area contributed by atoms with E-state index in [4.69, 9.17) is 14.9 Å². The highest BCUT2D eigenvalue weighted by atomic mass is 16.5. The van der Waals surface area contributed by atoms with E-state index in [0.29, 0.717) is 38.1 Å². The minimum Gasteiger partial charge on any atom is -0.408 e. The van der Waals surface area contributed by atoms with Crippen molar-refractivity contribution in [1.29, 1.82) is 5.26 Å². The zero-order valence-electron chi connectivity index (χ0n) is 18.7. The summed E-state index contributed by atoms with van der Waals surface area (Å²) in [6.45, 7) is 1.55. The van der Waals surface area contributed by atoms with E-state index < -0.39 is 11.8 Å². The Morgan fingerprint density at radius 1 is 1.24 bits per heavy atom. The number of ether oxygens (including phenoxy) is 1. The second kappa shape index (κ2) is 10.0. The molecular formula is C25H28N4O4. The molecular weight excluding hydrogens is 420 g/mol. The van der Waals surface area contributed by atoms with Crippen LogP contribution in [0.3, 0.4) is 0 Å². The molecule has 2 N–H and O–H groups in total. The van der Waals surface area contributed by atoms with Gasteiger partial charge in [-0.05, 0) is 41.7 Å². The molecule has 33 heavy (non-hydrogen) atoms. The number of likely N-dealkylation sites (tertiary alicyclic amines) is 1. The molecule has 4 rings (SSSR count). The molecule has 8 heteroatoms. The van der Waals surface area contributed by atoms with Crippen LogP contribution >= 0.6 is 0 Å². The van der Waals surface area contributed by atoms with Crippen molar-refractivity contribution in [3.05, 3.63) is 58.6 Å². The van der Waals surface area contributed by atoms with Crippen molar-refractivity contribution in [2.45, 2.75) is 44.3 Å². The van der Waals surface area contributed by atoms with Crippen molar-refractivity contribution < 1.29 is 13.9 Å². The number of methoxy groups -OCH3 is 1. The second-order valence-corrected chi connectivity index (χ2v) is 8.39. The predicted octanol–water partition coefficient (Wildman–Crippen LogP) is 2.68. The van der Waals surface area contributed by atoms with Gasteiger partial charge in [-0.2, -0.15) is 5.26 Å². The van der Waals surface area contributed by atoms with E-state index >= 15 is 0 Å². The first-order chi connectivity index (χ1) is 16.0. The van der Waals surface area contributed by atoms with Gasteiger partial charge in [-0.25, -0.2) is 4.79 Å². The largest absolute Gasteiger partial charge is 0.420 e. The first kappa shape index (κ1) is 22.8. The number of benzene rings is 2. The van der Waals surface area contributed by atoms with Gasteiger partial charge in [0.1, 0.15) is 6.04 Å². The summed E-state index contributed by atoms with van der Waals surface area (Å²) in [5.41, 5.74) is 9.82. The minimum atomic E-state index is -0.399. The molecule has 1 fully saturated rings. The summed E-state index contributed by atoms with van der Waals surface area (Å²) < 4.78 is 12.0. The number of piperidine rings is 1. The Balaban J connectivity index is 1.54. The van der Waals surface area contributed by atoms with Crippen LogP contribution in [0, 0.1) is 11.3 Å². The minimum absolute atomic E-state index is 0.357. The second-order valence-electron chi connectivity index (χ2n) is 8.39. The quantitative estimate of drug-likeness (QED) is 0.567. The van der Waals surface area contributed by atoms with Crippen molar-refractivity contribution >= 4 is 17.0 Å². The number of rotatable bonds is 8. The normalized spacial score (nSPS) is 17.6. The molecule has 1 amide bonds. The molecule has 0 radical (unpaired) electrons. The number of nitriles is 1. The first-order valence-corrected chi connectivity index (χ1v) is 11.2. The maximum absolute atomic E-state index is 12.1. The van der Waals surface area contributed by atoms with Crippen LogP contribution in [0.4, 0.5) is 0 Å². The Morgan fingerprint density at radius 2 is 2.00 bits per heavy atom. The van der Waals surface area contributed by atoms with E-state index in [9.17, 15) is 14.9 Å². The number of oxazole rings is 1. The van der Waals surface area contributed by atoms with Crippen molar-refractivity contribution in [2.75, 3.05) is 20.3 Å². The summed E-state index contributed by atoms with van der Waals surface area (Å²) in [5.74, 6) is -0.756. The maximum Gasteiger partial charge on any atom is 0.420 e. The monoisotopic (exact) mass is 448 g/mol. The SMILES string of the molecule is COCCn1c(=O)oc2ccc(-c3ccc(C[C@@H](C#N)N4CCCCC4C(N)=O)cc3)cc21. The maximum atomic E-state index is 12.1. The van der Waals surface area contributed by atoms with E-state index in [-0.39, 0.29) is 11.9 Å². The van der Waals surface area contributed by atoms with Crippen molar-refractivity contribution in [1.82, 2.24) is 9.47 Å². The molecule has 0 spiro atoms. The number of amides is 1. The summed E-state index contributed by atoms with van der Waals surface area (Å²) >= 11 is 0. The number of nitrogens with two attached hydrogens (primary N) is 1. The Hall–Kier alpha value is -3.41. The van der Waals surface area contributed by atoms with E-state index in [1.54, 1.807) is 17.7 Å². The van der Waals surface area contributed by atoms with Gasteiger partial charge in [-0.1, -0.05) is 36.8 Å². The molecule has 172 valence electrons. The van der Waals surface area contributed by atoms with Crippen LogP contribution in [0.15, 0.2) is 51.7 Å². The van der Waals surface area contributed by atoms with Crippen molar-refractivity contribution in [3.63, 3.8) is 0 Å². The van der Waals surface area contributed by atoms with E-state index in [0.717, 1.165) is 35.0 Å². The van der Waals surface area contributed by atoms with Gasteiger partial charge in [0.05, 0.1) is 30.8 Å². The average molecular weight is 449 g/mol. The standard InChI is InChI=1S/C25H28N4O4/c1-32-13-12-29-22-15-19(9-10-23(22)33-25(29)31)18-7-5-17(6-8-18)14-20(16-26)28-11-3-2-4-21(28)24(27)30/h5-10,15,20-21H,2-4,11-14H2,1H3,(H2,27,30)/t20-,21?/m0/s1. The topological polar surface area (TPSA) is 114 Å². The fourth-order valence-corrected chi connectivity index (χ4v) is 4.56. The van der Waals surface area contributed by atoms with E-state index in [1.807, 2.05) is 41.3 Å². The summed E-state index contributed by atoms with van der Waals surface area (Å²) in [6.07, 6.45) is 3.15.